The molecule has 1 aromatic rings. The van der Waals surface area contributed by atoms with Crippen LogP contribution < -0.4 is 16.0 Å². The molecular weight excluding hydrogens is 336 g/mol. The summed E-state index contributed by atoms with van der Waals surface area (Å²) in [5.74, 6) is -0.953. The van der Waals surface area contributed by atoms with E-state index in [1.807, 2.05) is 13.0 Å². The fraction of sp³-hybridized carbons (Fsp3) is 0.444. The van der Waals surface area contributed by atoms with Gasteiger partial charge < -0.3 is 15.5 Å². The highest BCUT2D eigenvalue weighted by atomic mass is 16.2. The predicted molar refractivity (Wildman–Crippen MR) is 93.0 cm³/mol. The molecule has 2 heterocycles. The SMILES string of the molecule is CCCNC(=O)NCc1cccc2c1CN(C1CCC(=O)NC1=O)C2=O. The molecule has 1 atom stereocenters. The normalized spacial score (nSPS) is 19.2. The molecule has 5 amide bonds. The molecule has 8 heteroatoms. The maximum atomic E-state index is 12.7. The number of benzene rings is 1. The Kier molecular flexibility index (Phi) is 5.20. The fourth-order valence-electron chi connectivity index (χ4n) is 3.29. The van der Waals surface area contributed by atoms with Crippen LogP contribution in [0.15, 0.2) is 18.2 Å². The third-order valence-electron chi connectivity index (χ3n) is 4.65. The standard InChI is InChI=1S/C18H22N4O4/c1-2-8-19-18(26)20-9-11-4-3-5-12-13(11)10-22(17(12)25)14-6-7-15(23)21-16(14)24/h3-5,14H,2,6-10H2,1H3,(H2,19,20,26)(H,21,23,24). The molecule has 2 aliphatic rings. The van der Waals surface area contributed by atoms with Crippen LogP contribution in [0.2, 0.25) is 0 Å². The van der Waals surface area contributed by atoms with Crippen molar-refractivity contribution in [2.45, 2.75) is 45.3 Å². The van der Waals surface area contributed by atoms with Crippen LogP contribution >= 0.6 is 0 Å². The number of urea groups is 1. The molecule has 1 unspecified atom stereocenters. The quantitative estimate of drug-likeness (QED) is 0.672. The Bertz CT molecular complexity index is 762. The number of nitrogens with zero attached hydrogens (tertiary/aromatic N) is 1. The number of hydrogen-bond donors (Lipinski definition) is 3. The van der Waals surface area contributed by atoms with Crippen LogP contribution in [0.5, 0.6) is 0 Å². The van der Waals surface area contributed by atoms with Crippen LogP contribution in [0, 0.1) is 0 Å². The van der Waals surface area contributed by atoms with Gasteiger partial charge in [-0.1, -0.05) is 19.1 Å². The van der Waals surface area contributed by atoms with Crippen molar-refractivity contribution >= 4 is 23.8 Å². The zero-order valence-corrected chi connectivity index (χ0v) is 14.6. The predicted octanol–water partition coefficient (Wildman–Crippen LogP) is 0.657. The third kappa shape index (κ3) is 3.54. The smallest absolute Gasteiger partial charge is 0.315 e. The highest BCUT2D eigenvalue weighted by molar-refractivity contribution is 6.05. The van der Waals surface area contributed by atoms with E-state index in [0.29, 0.717) is 31.6 Å². The summed E-state index contributed by atoms with van der Waals surface area (Å²) in [6, 6.07) is 4.47. The van der Waals surface area contributed by atoms with Crippen LogP contribution in [0.25, 0.3) is 0 Å². The van der Waals surface area contributed by atoms with Gasteiger partial charge in [-0.2, -0.15) is 0 Å². The number of nitrogens with one attached hydrogen (secondary N) is 3. The van der Waals surface area contributed by atoms with E-state index in [2.05, 4.69) is 16.0 Å². The van der Waals surface area contributed by atoms with Crippen LogP contribution in [-0.4, -0.2) is 41.2 Å². The van der Waals surface area contributed by atoms with Crippen LogP contribution in [0.3, 0.4) is 0 Å². The number of rotatable bonds is 5. The van der Waals surface area contributed by atoms with E-state index < -0.39 is 11.9 Å². The van der Waals surface area contributed by atoms with Gasteiger partial charge in [0.15, 0.2) is 0 Å². The number of fused-ring (bicyclic) bond motifs is 1. The van der Waals surface area contributed by atoms with Gasteiger partial charge in [-0.25, -0.2) is 4.79 Å². The lowest BCUT2D eigenvalue weighted by Crippen LogP contribution is -2.52. The minimum absolute atomic E-state index is 0.216. The summed E-state index contributed by atoms with van der Waals surface area (Å²) in [6.07, 6.45) is 1.41. The maximum absolute atomic E-state index is 12.7. The van der Waals surface area contributed by atoms with Gasteiger partial charge in [0.25, 0.3) is 5.91 Å². The van der Waals surface area contributed by atoms with Crippen molar-refractivity contribution in [1.82, 2.24) is 20.9 Å². The zero-order valence-electron chi connectivity index (χ0n) is 14.6. The van der Waals surface area contributed by atoms with Gasteiger partial charge in [0.1, 0.15) is 6.04 Å². The number of amides is 5. The summed E-state index contributed by atoms with van der Waals surface area (Å²) in [4.78, 5) is 49.4. The van der Waals surface area contributed by atoms with Gasteiger partial charge in [0.2, 0.25) is 11.8 Å². The van der Waals surface area contributed by atoms with Gasteiger partial charge in [0, 0.05) is 31.6 Å². The van der Waals surface area contributed by atoms with Crippen molar-refractivity contribution in [2.75, 3.05) is 6.54 Å². The van der Waals surface area contributed by atoms with E-state index in [1.54, 1.807) is 12.1 Å². The number of piperidine rings is 1. The Labute approximate surface area is 151 Å². The molecule has 2 aliphatic heterocycles. The molecule has 1 aromatic carbocycles. The summed E-state index contributed by atoms with van der Waals surface area (Å²) in [6.45, 7) is 3.17. The van der Waals surface area contributed by atoms with Gasteiger partial charge in [-0.3, -0.25) is 19.7 Å². The van der Waals surface area contributed by atoms with Crippen molar-refractivity contribution in [3.05, 3.63) is 34.9 Å². The summed E-state index contributed by atoms with van der Waals surface area (Å²) < 4.78 is 0. The van der Waals surface area contributed by atoms with E-state index >= 15 is 0 Å². The zero-order chi connectivity index (χ0) is 18.7. The second-order valence-corrected chi connectivity index (χ2v) is 6.45. The topological polar surface area (TPSA) is 108 Å². The molecule has 0 radical (unpaired) electrons. The average Bonchev–Trinajstić information content (AvgIpc) is 2.95. The first-order valence-electron chi connectivity index (χ1n) is 8.78. The van der Waals surface area contributed by atoms with Gasteiger partial charge >= 0.3 is 6.03 Å². The maximum Gasteiger partial charge on any atom is 0.315 e. The van der Waals surface area contributed by atoms with Gasteiger partial charge in [0.05, 0.1) is 0 Å². The minimum Gasteiger partial charge on any atom is -0.338 e. The Hall–Kier alpha value is -2.90. The van der Waals surface area contributed by atoms with Gasteiger partial charge in [-0.05, 0) is 30.0 Å². The van der Waals surface area contributed by atoms with Crippen molar-refractivity contribution in [2.24, 2.45) is 0 Å². The van der Waals surface area contributed by atoms with E-state index in [4.69, 9.17) is 0 Å². The third-order valence-corrected chi connectivity index (χ3v) is 4.65. The monoisotopic (exact) mass is 358 g/mol. The molecule has 1 saturated heterocycles. The molecule has 3 N–H and O–H groups in total. The molecule has 26 heavy (non-hydrogen) atoms. The second kappa shape index (κ2) is 7.55. The Morgan fingerprint density at radius 3 is 2.81 bits per heavy atom. The van der Waals surface area contributed by atoms with E-state index in [0.717, 1.165) is 17.5 Å². The number of imide groups is 1. The van der Waals surface area contributed by atoms with E-state index in [1.165, 1.54) is 4.90 Å². The van der Waals surface area contributed by atoms with Crippen molar-refractivity contribution in [1.29, 1.82) is 0 Å². The Morgan fingerprint density at radius 1 is 1.27 bits per heavy atom. The lowest BCUT2D eigenvalue weighted by Gasteiger charge is -2.29. The molecule has 138 valence electrons. The highest BCUT2D eigenvalue weighted by Crippen LogP contribution is 2.29. The molecule has 8 nitrogen and oxygen atoms in total. The summed E-state index contributed by atoms with van der Waals surface area (Å²) in [7, 11) is 0. The van der Waals surface area contributed by atoms with Crippen molar-refractivity contribution in [3.8, 4) is 0 Å². The number of carbonyl (C=O) groups excluding carboxylic acids is 4. The average molecular weight is 358 g/mol. The van der Waals surface area contributed by atoms with Gasteiger partial charge in [-0.15, -0.1) is 0 Å². The summed E-state index contributed by atoms with van der Waals surface area (Å²) in [5.41, 5.74) is 2.21. The van der Waals surface area contributed by atoms with Crippen LogP contribution in [0.1, 0.15) is 47.7 Å². The molecule has 3 rings (SSSR count). The lowest BCUT2D eigenvalue weighted by atomic mass is 10.0. The molecule has 0 aromatic heterocycles. The first-order chi connectivity index (χ1) is 12.5. The van der Waals surface area contributed by atoms with E-state index in [9.17, 15) is 19.2 Å². The molecule has 0 saturated carbocycles. The highest BCUT2D eigenvalue weighted by Gasteiger charge is 2.39. The second-order valence-electron chi connectivity index (χ2n) is 6.45. The van der Waals surface area contributed by atoms with Crippen LogP contribution in [0.4, 0.5) is 4.79 Å². The summed E-state index contributed by atoms with van der Waals surface area (Å²) in [5, 5.41) is 7.81. The minimum atomic E-state index is -0.638. The van der Waals surface area contributed by atoms with Crippen LogP contribution in [-0.2, 0) is 22.7 Å². The summed E-state index contributed by atoms with van der Waals surface area (Å²) >= 11 is 0. The largest absolute Gasteiger partial charge is 0.338 e. The first-order valence-corrected chi connectivity index (χ1v) is 8.78. The van der Waals surface area contributed by atoms with Crippen molar-refractivity contribution < 1.29 is 19.2 Å². The molecule has 0 spiro atoms. The Balaban J connectivity index is 1.72. The molecule has 0 bridgehead atoms. The first kappa shape index (κ1) is 17.9. The lowest BCUT2D eigenvalue weighted by molar-refractivity contribution is -0.136. The number of hydrogen-bond acceptors (Lipinski definition) is 4. The fourth-order valence-corrected chi connectivity index (χ4v) is 3.29. The molecule has 1 fully saturated rings. The van der Waals surface area contributed by atoms with E-state index in [-0.39, 0.29) is 24.3 Å². The molecular formula is C18H22N4O4. The molecule has 0 aliphatic carbocycles. The van der Waals surface area contributed by atoms with Crippen molar-refractivity contribution in [3.63, 3.8) is 0 Å². The number of carbonyl (C=O) groups is 4. The Morgan fingerprint density at radius 2 is 2.08 bits per heavy atom.